The molecule has 0 saturated heterocycles. The maximum absolute atomic E-state index is 13.6. The predicted octanol–water partition coefficient (Wildman–Crippen LogP) is 4.31. The van der Waals surface area contributed by atoms with Crippen LogP contribution in [0.25, 0.3) is 22.3 Å². The van der Waals surface area contributed by atoms with E-state index in [4.69, 9.17) is 20.7 Å². The van der Waals surface area contributed by atoms with Crippen LogP contribution in [0.5, 0.6) is 0 Å². The average molecular weight is 583 g/mol. The Bertz CT molecular complexity index is 1770. The molecule has 0 unspecified atom stereocenters. The number of anilines is 1. The highest BCUT2D eigenvalue weighted by Gasteiger charge is 2.34. The number of halogens is 2. The Balaban J connectivity index is 1.52. The third-order valence-electron chi connectivity index (χ3n) is 7.33. The summed E-state index contributed by atoms with van der Waals surface area (Å²) in [6, 6.07) is 12.5. The van der Waals surface area contributed by atoms with Crippen molar-refractivity contribution in [2.24, 2.45) is 0 Å². The van der Waals surface area contributed by atoms with Crippen LogP contribution in [0.15, 0.2) is 52.9 Å². The van der Waals surface area contributed by atoms with E-state index in [9.17, 15) is 22.6 Å². The van der Waals surface area contributed by atoms with Crippen LogP contribution in [0.1, 0.15) is 45.8 Å². The van der Waals surface area contributed by atoms with Crippen LogP contribution in [0.4, 0.5) is 10.1 Å². The van der Waals surface area contributed by atoms with Gasteiger partial charge >= 0.3 is 7.12 Å². The van der Waals surface area contributed by atoms with Crippen LogP contribution >= 0.6 is 11.6 Å². The molecule has 2 N–H and O–H groups in total. The van der Waals surface area contributed by atoms with Crippen LogP contribution in [0, 0.1) is 5.82 Å². The van der Waals surface area contributed by atoms with Crippen LogP contribution < -0.4 is 15.1 Å². The van der Waals surface area contributed by atoms with E-state index in [1.807, 2.05) is 6.07 Å². The molecule has 12 heteroatoms. The number of hydrogen-bond acceptors (Lipinski definition) is 6. The maximum atomic E-state index is 13.6. The van der Waals surface area contributed by atoms with Gasteiger partial charge in [-0.1, -0.05) is 17.7 Å². The lowest BCUT2D eigenvalue weighted by molar-refractivity contribution is 0.0964. The smallest absolute Gasteiger partial charge is 0.455 e. The first-order valence-electron chi connectivity index (χ1n) is 12.7. The van der Waals surface area contributed by atoms with Gasteiger partial charge < -0.3 is 19.4 Å². The van der Waals surface area contributed by atoms with Crippen molar-refractivity contribution in [3.63, 3.8) is 0 Å². The number of rotatable bonds is 7. The van der Waals surface area contributed by atoms with E-state index in [1.165, 1.54) is 35.6 Å². The third-order valence-corrected chi connectivity index (χ3v) is 8.77. The number of benzene rings is 3. The van der Waals surface area contributed by atoms with Gasteiger partial charge in [-0.2, -0.15) is 0 Å². The van der Waals surface area contributed by atoms with E-state index in [0.717, 1.165) is 24.7 Å². The summed E-state index contributed by atoms with van der Waals surface area (Å²) in [5, 5.41) is 13.5. The molecule has 206 valence electrons. The minimum absolute atomic E-state index is 0.0129. The predicted molar refractivity (Wildman–Crippen MR) is 152 cm³/mol. The first kappa shape index (κ1) is 26.8. The zero-order valence-corrected chi connectivity index (χ0v) is 23.3. The molecule has 0 spiro atoms. The number of nitrogens with zero attached hydrogens (tertiary/aromatic N) is 1. The molecule has 8 nitrogen and oxygen atoms in total. The van der Waals surface area contributed by atoms with Crippen molar-refractivity contribution in [2.75, 3.05) is 17.6 Å². The lowest BCUT2D eigenvalue weighted by atomic mass is 9.79. The van der Waals surface area contributed by atoms with Crippen molar-refractivity contribution in [1.29, 1.82) is 0 Å². The van der Waals surface area contributed by atoms with Crippen molar-refractivity contribution in [1.82, 2.24) is 5.32 Å². The molecular weight excluding hydrogens is 558 g/mol. The molecule has 6 rings (SSSR count). The summed E-state index contributed by atoms with van der Waals surface area (Å²) in [7, 11) is -3.38. The lowest BCUT2D eigenvalue weighted by Crippen LogP contribution is -2.32. The summed E-state index contributed by atoms with van der Waals surface area (Å²) in [6.07, 6.45) is 2.90. The normalized spacial score (nSPS) is 15.0. The fraction of sp³-hybridized carbons (Fsp3) is 0.250. The fourth-order valence-electron chi connectivity index (χ4n) is 5.26. The van der Waals surface area contributed by atoms with Gasteiger partial charge in [0.05, 0.1) is 30.7 Å². The van der Waals surface area contributed by atoms with Crippen LogP contribution in [-0.2, 0) is 27.8 Å². The number of amides is 1. The minimum Gasteiger partial charge on any atom is -0.455 e. The van der Waals surface area contributed by atoms with Gasteiger partial charge in [-0.05, 0) is 71.8 Å². The molecule has 1 fully saturated rings. The van der Waals surface area contributed by atoms with E-state index in [0.29, 0.717) is 49.4 Å². The van der Waals surface area contributed by atoms with E-state index in [2.05, 4.69) is 5.32 Å². The van der Waals surface area contributed by atoms with Crippen LogP contribution in [0.3, 0.4) is 0 Å². The lowest BCUT2D eigenvalue weighted by Gasteiger charge is -2.26. The third kappa shape index (κ3) is 4.77. The zero-order chi connectivity index (χ0) is 28.3. The SMILES string of the molecule is CNC(=O)c1c(-c2ccc(F)cc2)oc2cc(N(Cc3cc(Cl)c4c(c3)COB4O)S(C)(=O)=O)c(C3CC3)cc12. The Morgan fingerprint density at radius 1 is 1.20 bits per heavy atom. The number of carbonyl (C=O) groups is 1. The molecule has 1 aliphatic heterocycles. The second-order valence-electron chi connectivity index (χ2n) is 10.2. The van der Waals surface area contributed by atoms with Crippen molar-refractivity contribution in [3.8, 4) is 11.3 Å². The van der Waals surface area contributed by atoms with Crippen LogP contribution in [0.2, 0.25) is 5.02 Å². The number of hydrogen-bond donors (Lipinski definition) is 2. The van der Waals surface area contributed by atoms with Crippen LogP contribution in [-0.4, -0.2) is 39.8 Å². The van der Waals surface area contributed by atoms with Gasteiger partial charge in [-0.15, -0.1) is 0 Å². The van der Waals surface area contributed by atoms with Gasteiger partial charge in [0.15, 0.2) is 0 Å². The van der Waals surface area contributed by atoms with Crippen molar-refractivity contribution in [3.05, 3.63) is 81.6 Å². The first-order valence-corrected chi connectivity index (χ1v) is 14.9. The van der Waals surface area contributed by atoms with E-state index in [1.54, 1.807) is 18.2 Å². The van der Waals surface area contributed by atoms with Gasteiger partial charge in [0, 0.05) is 34.5 Å². The Labute approximate surface area is 235 Å². The average Bonchev–Trinajstić information content (AvgIpc) is 3.59. The van der Waals surface area contributed by atoms with Gasteiger partial charge in [0.25, 0.3) is 5.91 Å². The molecule has 2 aliphatic rings. The minimum atomic E-state index is -3.78. The van der Waals surface area contributed by atoms with E-state index < -0.39 is 23.0 Å². The highest BCUT2D eigenvalue weighted by atomic mass is 35.5. The summed E-state index contributed by atoms with van der Waals surface area (Å²) in [6.45, 7) is 0.157. The van der Waals surface area contributed by atoms with Crippen molar-refractivity contribution in [2.45, 2.75) is 31.9 Å². The molecular formula is C28H25BClFN2O6S. The topological polar surface area (TPSA) is 109 Å². The Hall–Kier alpha value is -3.38. The molecule has 3 aromatic carbocycles. The highest BCUT2D eigenvalue weighted by Crippen LogP contribution is 2.48. The Morgan fingerprint density at radius 3 is 2.58 bits per heavy atom. The van der Waals surface area contributed by atoms with Crippen molar-refractivity contribution >= 4 is 56.8 Å². The summed E-state index contributed by atoms with van der Waals surface area (Å²) in [5.41, 5.74) is 4.21. The zero-order valence-electron chi connectivity index (χ0n) is 21.7. The van der Waals surface area contributed by atoms with Crippen molar-refractivity contribution < 1.29 is 31.7 Å². The molecule has 1 amide bonds. The molecule has 0 bridgehead atoms. The number of sulfonamides is 1. The van der Waals surface area contributed by atoms with E-state index in [-0.39, 0.29) is 30.7 Å². The summed E-state index contributed by atoms with van der Waals surface area (Å²) < 4.78 is 52.8. The number of nitrogens with one attached hydrogen (secondary N) is 1. The number of furan rings is 1. The molecule has 0 radical (unpaired) electrons. The molecule has 40 heavy (non-hydrogen) atoms. The van der Waals surface area contributed by atoms with Gasteiger partial charge in [-0.3, -0.25) is 9.10 Å². The monoisotopic (exact) mass is 582 g/mol. The standard InChI is InChI=1S/C28H25BClFN2O6S/c1-32-28(34)25-21-11-20(16-3-4-16)23(12-24(21)39-27(25)17-5-7-19(31)8-6-17)33(40(2,36)37)13-15-9-18-14-38-29(35)26(18)22(30)10-15/h5-12,16,35H,3-4,13-14H2,1-2H3,(H,32,34). The first-order chi connectivity index (χ1) is 19.0. The molecule has 1 aromatic heterocycles. The quantitative estimate of drug-likeness (QED) is 0.314. The molecule has 1 saturated carbocycles. The molecule has 2 heterocycles. The number of fused-ring (bicyclic) bond motifs is 2. The molecule has 4 aromatic rings. The second-order valence-corrected chi connectivity index (χ2v) is 12.5. The molecule has 1 aliphatic carbocycles. The van der Waals surface area contributed by atoms with E-state index >= 15 is 0 Å². The summed E-state index contributed by atoms with van der Waals surface area (Å²) in [4.78, 5) is 13.0. The van der Waals surface area contributed by atoms with Gasteiger partial charge in [-0.25, -0.2) is 12.8 Å². The fourth-order valence-corrected chi connectivity index (χ4v) is 6.52. The maximum Gasteiger partial charge on any atom is 0.493 e. The Morgan fingerprint density at radius 2 is 1.93 bits per heavy atom. The largest absolute Gasteiger partial charge is 0.493 e. The summed E-state index contributed by atoms with van der Waals surface area (Å²) in [5.74, 6) is -0.401. The second kappa shape index (κ2) is 9.92. The van der Waals surface area contributed by atoms with Gasteiger partial charge in [0.1, 0.15) is 17.2 Å². The summed E-state index contributed by atoms with van der Waals surface area (Å²) >= 11 is 6.43. The highest BCUT2D eigenvalue weighted by molar-refractivity contribution is 7.92. The number of carbonyl (C=O) groups excluding carboxylic acids is 1. The van der Waals surface area contributed by atoms with Gasteiger partial charge in [0.2, 0.25) is 10.0 Å². The molecule has 0 atom stereocenters. The Kier molecular flexibility index (Phi) is 6.65.